The number of nitrogens with zero attached hydrogens (tertiary/aromatic N) is 1. The van der Waals surface area contributed by atoms with Crippen molar-refractivity contribution >= 4 is 23.2 Å². The molecule has 1 heterocycles. The molecule has 4 heteroatoms. The third-order valence-corrected chi connectivity index (χ3v) is 2.26. The van der Waals surface area contributed by atoms with Gasteiger partial charge in [0.2, 0.25) is 0 Å². The Morgan fingerprint density at radius 3 is 3.08 bits per heavy atom. The molecule has 1 saturated heterocycles. The van der Waals surface area contributed by atoms with E-state index in [4.69, 9.17) is 17.0 Å². The predicted molar refractivity (Wildman–Crippen MR) is 54.5 cm³/mol. The van der Waals surface area contributed by atoms with Crippen LogP contribution in [0.3, 0.4) is 0 Å². The Morgan fingerprint density at radius 2 is 2.62 bits per heavy atom. The van der Waals surface area contributed by atoms with Crippen LogP contribution in [0.1, 0.15) is 13.3 Å². The molecule has 0 amide bonds. The number of carbonyl (C=O) groups excluding carboxylic acids is 1. The second-order valence-electron chi connectivity index (χ2n) is 3.06. The van der Waals surface area contributed by atoms with Gasteiger partial charge in [-0.05, 0) is 25.2 Å². The molecule has 13 heavy (non-hydrogen) atoms. The number of thiocarbonyl (C=S) groups is 1. The lowest BCUT2D eigenvalue weighted by molar-refractivity contribution is -0.117. The van der Waals surface area contributed by atoms with Gasteiger partial charge in [-0.15, -0.1) is 0 Å². The van der Waals surface area contributed by atoms with Crippen LogP contribution in [0.4, 0.5) is 0 Å². The van der Waals surface area contributed by atoms with Gasteiger partial charge in [0, 0.05) is 13.0 Å². The predicted octanol–water partition coefficient (Wildman–Crippen LogP) is 1.14. The molecule has 0 aromatic rings. The number of rotatable bonds is 4. The van der Waals surface area contributed by atoms with E-state index in [-0.39, 0.29) is 11.9 Å². The second kappa shape index (κ2) is 4.37. The van der Waals surface area contributed by atoms with Crippen LogP contribution in [0.25, 0.3) is 0 Å². The van der Waals surface area contributed by atoms with E-state index < -0.39 is 0 Å². The summed E-state index contributed by atoms with van der Waals surface area (Å²) in [7, 11) is 0. The summed E-state index contributed by atoms with van der Waals surface area (Å²) in [4.78, 5) is 12.6. The van der Waals surface area contributed by atoms with Crippen molar-refractivity contribution < 1.29 is 9.53 Å². The lowest BCUT2D eigenvalue weighted by atomic mass is 10.3. The van der Waals surface area contributed by atoms with Gasteiger partial charge < -0.3 is 9.64 Å². The Balaban J connectivity index is 2.39. The van der Waals surface area contributed by atoms with Crippen LogP contribution in [0.15, 0.2) is 12.7 Å². The first-order chi connectivity index (χ1) is 6.13. The maximum atomic E-state index is 10.7. The lowest BCUT2D eigenvalue weighted by Gasteiger charge is -2.12. The van der Waals surface area contributed by atoms with Crippen LogP contribution < -0.4 is 0 Å². The van der Waals surface area contributed by atoms with Crippen molar-refractivity contribution in [3.8, 4) is 0 Å². The molecule has 0 aromatic carbocycles. The maximum absolute atomic E-state index is 10.7. The molecule has 0 saturated carbocycles. The van der Waals surface area contributed by atoms with Crippen molar-refractivity contribution in [2.75, 3.05) is 13.1 Å². The molecule has 3 nitrogen and oxygen atoms in total. The number of carbonyl (C=O) groups is 1. The van der Waals surface area contributed by atoms with Crippen molar-refractivity contribution in [3.63, 3.8) is 0 Å². The normalized spacial score (nSPS) is 21.5. The molecule has 0 radical (unpaired) electrons. The molecule has 1 rings (SSSR count). The SMILES string of the molecule is C=CC1CN(CCC(C)=O)C(=S)O1. The molecule has 1 aliphatic heterocycles. The smallest absolute Gasteiger partial charge is 0.260 e. The highest BCUT2D eigenvalue weighted by molar-refractivity contribution is 7.80. The van der Waals surface area contributed by atoms with Gasteiger partial charge in [0.25, 0.3) is 5.17 Å². The largest absolute Gasteiger partial charge is 0.461 e. The van der Waals surface area contributed by atoms with Crippen LogP contribution >= 0.6 is 12.2 Å². The summed E-state index contributed by atoms with van der Waals surface area (Å²) >= 11 is 4.98. The number of ether oxygens (including phenoxy) is 1. The van der Waals surface area contributed by atoms with Crippen molar-refractivity contribution in [3.05, 3.63) is 12.7 Å². The average Bonchev–Trinajstić information content (AvgIpc) is 2.43. The fourth-order valence-electron chi connectivity index (χ4n) is 1.13. The molecule has 0 spiro atoms. The molecule has 0 aliphatic carbocycles. The van der Waals surface area contributed by atoms with E-state index in [1.54, 1.807) is 13.0 Å². The lowest BCUT2D eigenvalue weighted by Crippen LogP contribution is -2.27. The van der Waals surface area contributed by atoms with E-state index in [9.17, 15) is 4.79 Å². The molecule has 0 N–H and O–H groups in total. The van der Waals surface area contributed by atoms with Gasteiger partial charge >= 0.3 is 0 Å². The Kier molecular flexibility index (Phi) is 3.42. The highest BCUT2D eigenvalue weighted by Crippen LogP contribution is 2.12. The van der Waals surface area contributed by atoms with E-state index in [1.807, 2.05) is 4.90 Å². The summed E-state index contributed by atoms with van der Waals surface area (Å²) in [5, 5.41) is 0.478. The van der Waals surface area contributed by atoms with Gasteiger partial charge in [-0.1, -0.05) is 6.58 Å². The maximum Gasteiger partial charge on any atom is 0.260 e. The first kappa shape index (κ1) is 10.2. The highest BCUT2D eigenvalue weighted by atomic mass is 32.1. The zero-order valence-electron chi connectivity index (χ0n) is 7.66. The summed E-state index contributed by atoms with van der Waals surface area (Å²) in [6.45, 7) is 6.57. The second-order valence-corrected chi connectivity index (χ2v) is 3.41. The quantitative estimate of drug-likeness (QED) is 0.501. The fraction of sp³-hybridized carbons (Fsp3) is 0.556. The minimum absolute atomic E-state index is 0.0144. The number of hydrogen-bond acceptors (Lipinski definition) is 3. The van der Waals surface area contributed by atoms with E-state index in [0.29, 0.717) is 18.1 Å². The van der Waals surface area contributed by atoms with Crippen molar-refractivity contribution in [2.24, 2.45) is 0 Å². The Morgan fingerprint density at radius 1 is 1.92 bits per heavy atom. The molecule has 1 unspecified atom stereocenters. The minimum Gasteiger partial charge on any atom is -0.461 e. The third-order valence-electron chi connectivity index (χ3n) is 1.91. The summed E-state index contributed by atoms with van der Waals surface area (Å²) in [5.41, 5.74) is 0. The molecule has 0 bridgehead atoms. The molecule has 0 aromatic heterocycles. The summed E-state index contributed by atoms with van der Waals surface area (Å²) in [6.07, 6.45) is 2.23. The van der Waals surface area contributed by atoms with Gasteiger partial charge in [0.1, 0.15) is 11.9 Å². The minimum atomic E-state index is -0.0144. The molecule has 1 atom stereocenters. The van der Waals surface area contributed by atoms with E-state index >= 15 is 0 Å². The van der Waals surface area contributed by atoms with Crippen molar-refractivity contribution in [1.29, 1.82) is 0 Å². The Bertz CT molecular complexity index is 240. The van der Waals surface area contributed by atoms with Crippen LogP contribution in [0, 0.1) is 0 Å². The van der Waals surface area contributed by atoms with Gasteiger partial charge in [-0.25, -0.2) is 0 Å². The van der Waals surface area contributed by atoms with Gasteiger partial charge in [-0.3, -0.25) is 4.79 Å². The van der Waals surface area contributed by atoms with E-state index in [1.165, 1.54) is 0 Å². The van der Waals surface area contributed by atoms with Gasteiger partial charge in [0.15, 0.2) is 0 Å². The van der Waals surface area contributed by atoms with Crippen LogP contribution in [0.2, 0.25) is 0 Å². The average molecular weight is 199 g/mol. The summed E-state index contributed by atoms with van der Waals surface area (Å²) in [5.74, 6) is 0.171. The molecular weight excluding hydrogens is 186 g/mol. The standard InChI is InChI=1S/C9H13NO2S/c1-3-8-6-10(9(13)12-8)5-4-7(2)11/h3,8H,1,4-6H2,2H3. The fourth-order valence-corrected chi connectivity index (χ4v) is 1.42. The first-order valence-corrected chi connectivity index (χ1v) is 4.62. The Hall–Kier alpha value is -0.900. The Labute approximate surface area is 83.4 Å². The van der Waals surface area contributed by atoms with Crippen LogP contribution in [0.5, 0.6) is 0 Å². The molecule has 1 fully saturated rings. The van der Waals surface area contributed by atoms with E-state index in [2.05, 4.69) is 6.58 Å². The molecular formula is C9H13NO2S. The third kappa shape index (κ3) is 2.81. The monoisotopic (exact) mass is 199 g/mol. The number of ketones is 1. The number of hydrogen-bond donors (Lipinski definition) is 0. The highest BCUT2D eigenvalue weighted by Gasteiger charge is 2.25. The summed E-state index contributed by atoms with van der Waals surface area (Å²) in [6, 6.07) is 0. The van der Waals surface area contributed by atoms with Crippen LogP contribution in [-0.4, -0.2) is 35.1 Å². The van der Waals surface area contributed by atoms with E-state index in [0.717, 1.165) is 6.54 Å². The molecule has 1 aliphatic rings. The number of Topliss-reactive ketones (excluding diaryl/α,β-unsaturated/α-hetero) is 1. The van der Waals surface area contributed by atoms with Gasteiger partial charge in [0.05, 0.1) is 6.54 Å². The summed E-state index contributed by atoms with van der Waals surface area (Å²) < 4.78 is 5.28. The van der Waals surface area contributed by atoms with Gasteiger partial charge in [-0.2, -0.15) is 0 Å². The first-order valence-electron chi connectivity index (χ1n) is 4.21. The zero-order chi connectivity index (χ0) is 9.84. The van der Waals surface area contributed by atoms with Crippen LogP contribution in [-0.2, 0) is 9.53 Å². The van der Waals surface area contributed by atoms with Crippen molar-refractivity contribution in [1.82, 2.24) is 4.90 Å². The topological polar surface area (TPSA) is 29.5 Å². The zero-order valence-corrected chi connectivity index (χ0v) is 8.47. The molecule has 72 valence electrons. The van der Waals surface area contributed by atoms with Crippen molar-refractivity contribution in [2.45, 2.75) is 19.4 Å².